The maximum absolute atomic E-state index is 12.1. The third-order valence-electron chi connectivity index (χ3n) is 3.12. The molecule has 0 saturated carbocycles. The highest BCUT2D eigenvalue weighted by Crippen LogP contribution is 2.06. The largest absolute Gasteiger partial charge is 0.352 e. The van der Waals surface area contributed by atoms with Gasteiger partial charge in [0.15, 0.2) is 0 Å². The summed E-state index contributed by atoms with van der Waals surface area (Å²) < 4.78 is 0. The Hall–Kier alpha value is -2.69. The number of hydrogen-bond donors (Lipinski definition) is 2. The van der Waals surface area contributed by atoms with E-state index in [0.29, 0.717) is 24.2 Å². The van der Waals surface area contributed by atoms with Crippen LogP contribution >= 0.6 is 0 Å². The fourth-order valence-corrected chi connectivity index (χ4v) is 1.93. The number of rotatable bonds is 6. The van der Waals surface area contributed by atoms with Crippen molar-refractivity contribution in [1.82, 2.24) is 15.6 Å². The van der Waals surface area contributed by atoms with Crippen molar-refractivity contribution in [3.63, 3.8) is 0 Å². The van der Waals surface area contributed by atoms with Gasteiger partial charge in [-0.05, 0) is 42.3 Å². The van der Waals surface area contributed by atoms with Crippen LogP contribution in [0.25, 0.3) is 0 Å². The van der Waals surface area contributed by atoms with E-state index in [1.54, 1.807) is 36.7 Å². The average Bonchev–Trinajstić information content (AvgIpc) is 2.58. The number of aromatic nitrogens is 1. The van der Waals surface area contributed by atoms with E-state index in [1.807, 2.05) is 19.1 Å². The highest BCUT2D eigenvalue weighted by atomic mass is 16.2. The summed E-state index contributed by atoms with van der Waals surface area (Å²) in [6.45, 7) is 3.04. The lowest BCUT2D eigenvalue weighted by Crippen LogP contribution is -2.26. The van der Waals surface area contributed by atoms with Crippen LogP contribution in [0.15, 0.2) is 48.8 Å². The Morgan fingerprint density at radius 1 is 1.00 bits per heavy atom. The first-order valence-corrected chi connectivity index (χ1v) is 7.26. The number of carbonyl (C=O) groups excluding carboxylic acids is 2. The molecule has 2 N–H and O–H groups in total. The van der Waals surface area contributed by atoms with E-state index in [2.05, 4.69) is 15.6 Å². The molecule has 0 bridgehead atoms. The van der Waals surface area contributed by atoms with Crippen molar-refractivity contribution in [2.45, 2.75) is 19.9 Å². The second kappa shape index (κ2) is 7.93. The molecule has 2 rings (SSSR count). The zero-order valence-electron chi connectivity index (χ0n) is 12.5. The molecule has 0 fully saturated rings. The summed E-state index contributed by atoms with van der Waals surface area (Å²) in [5.41, 5.74) is 1.93. The van der Waals surface area contributed by atoms with Crippen molar-refractivity contribution in [1.29, 1.82) is 0 Å². The molecule has 22 heavy (non-hydrogen) atoms. The first-order valence-electron chi connectivity index (χ1n) is 7.26. The number of nitrogens with one attached hydrogen (secondary N) is 2. The van der Waals surface area contributed by atoms with Crippen molar-refractivity contribution < 1.29 is 9.59 Å². The molecule has 0 aliphatic carbocycles. The Morgan fingerprint density at radius 3 is 2.27 bits per heavy atom. The van der Waals surface area contributed by atoms with E-state index < -0.39 is 0 Å². The van der Waals surface area contributed by atoms with Crippen LogP contribution in [0, 0.1) is 0 Å². The molecule has 1 aromatic carbocycles. The summed E-state index contributed by atoms with van der Waals surface area (Å²) in [7, 11) is 0. The van der Waals surface area contributed by atoms with Crippen LogP contribution in [0.5, 0.6) is 0 Å². The monoisotopic (exact) mass is 297 g/mol. The zero-order chi connectivity index (χ0) is 15.8. The lowest BCUT2D eigenvalue weighted by atomic mass is 10.1. The summed E-state index contributed by atoms with van der Waals surface area (Å²) in [5, 5.41) is 5.62. The van der Waals surface area contributed by atoms with E-state index in [9.17, 15) is 9.59 Å². The smallest absolute Gasteiger partial charge is 0.251 e. The molecule has 2 amide bonds. The molecular weight excluding hydrogens is 278 g/mol. The van der Waals surface area contributed by atoms with Crippen LogP contribution in [0.4, 0.5) is 0 Å². The molecule has 0 atom stereocenters. The zero-order valence-corrected chi connectivity index (χ0v) is 12.5. The molecule has 0 spiro atoms. The van der Waals surface area contributed by atoms with Gasteiger partial charge in [-0.3, -0.25) is 14.6 Å². The third-order valence-corrected chi connectivity index (χ3v) is 3.12. The first kappa shape index (κ1) is 15.7. The van der Waals surface area contributed by atoms with Gasteiger partial charge >= 0.3 is 0 Å². The maximum Gasteiger partial charge on any atom is 0.251 e. The number of hydrogen-bond acceptors (Lipinski definition) is 3. The molecule has 0 aliphatic rings. The highest BCUT2D eigenvalue weighted by molar-refractivity contribution is 5.99. The number of pyridine rings is 1. The standard InChI is InChI=1S/C17H19N3O2/c1-2-8-19-16(21)14-4-3-5-15(11-14)17(22)20-12-13-6-9-18-10-7-13/h3-7,9-11H,2,8,12H2,1H3,(H,19,21)(H,20,22). The molecule has 1 heterocycles. The fourth-order valence-electron chi connectivity index (χ4n) is 1.93. The predicted molar refractivity (Wildman–Crippen MR) is 84.5 cm³/mol. The number of benzene rings is 1. The highest BCUT2D eigenvalue weighted by Gasteiger charge is 2.09. The number of amides is 2. The van der Waals surface area contributed by atoms with Crippen molar-refractivity contribution in [3.8, 4) is 0 Å². The average molecular weight is 297 g/mol. The van der Waals surface area contributed by atoms with Gasteiger partial charge in [-0.2, -0.15) is 0 Å². The van der Waals surface area contributed by atoms with Crippen LogP contribution in [0.3, 0.4) is 0 Å². The molecule has 0 unspecified atom stereocenters. The van der Waals surface area contributed by atoms with Crippen molar-refractivity contribution in [2.75, 3.05) is 6.54 Å². The molecule has 2 aromatic rings. The molecule has 5 heteroatoms. The minimum Gasteiger partial charge on any atom is -0.352 e. The van der Waals surface area contributed by atoms with Crippen LogP contribution in [-0.4, -0.2) is 23.3 Å². The quantitative estimate of drug-likeness (QED) is 0.858. The fraction of sp³-hybridized carbons (Fsp3) is 0.235. The number of nitrogens with zero attached hydrogens (tertiary/aromatic N) is 1. The second-order valence-electron chi connectivity index (χ2n) is 4.87. The maximum atomic E-state index is 12.1. The summed E-state index contributed by atoms with van der Waals surface area (Å²) in [4.78, 5) is 28.0. The normalized spacial score (nSPS) is 10.0. The Bertz CT molecular complexity index is 641. The minimum atomic E-state index is -0.207. The SMILES string of the molecule is CCCNC(=O)c1cccc(C(=O)NCc2ccncc2)c1. The van der Waals surface area contributed by atoms with Crippen LogP contribution in [-0.2, 0) is 6.54 Å². The summed E-state index contributed by atoms with van der Waals surface area (Å²) in [6, 6.07) is 10.4. The third kappa shape index (κ3) is 4.41. The molecule has 0 radical (unpaired) electrons. The Balaban J connectivity index is 1.99. The van der Waals surface area contributed by atoms with E-state index in [-0.39, 0.29) is 11.8 Å². The Kier molecular flexibility index (Phi) is 5.65. The molecular formula is C17H19N3O2. The van der Waals surface area contributed by atoms with Crippen LogP contribution < -0.4 is 10.6 Å². The van der Waals surface area contributed by atoms with E-state index >= 15 is 0 Å². The van der Waals surface area contributed by atoms with E-state index in [4.69, 9.17) is 0 Å². The van der Waals surface area contributed by atoms with Crippen molar-refractivity contribution >= 4 is 11.8 Å². The molecule has 0 aliphatic heterocycles. The first-order chi connectivity index (χ1) is 10.7. The predicted octanol–water partition coefficient (Wildman–Crippen LogP) is 2.15. The minimum absolute atomic E-state index is 0.161. The molecule has 114 valence electrons. The van der Waals surface area contributed by atoms with Crippen LogP contribution in [0.2, 0.25) is 0 Å². The van der Waals surface area contributed by atoms with Gasteiger partial charge in [0.1, 0.15) is 0 Å². The topological polar surface area (TPSA) is 71.1 Å². The summed E-state index contributed by atoms with van der Waals surface area (Å²) in [5.74, 6) is -0.368. The second-order valence-corrected chi connectivity index (χ2v) is 4.87. The van der Waals surface area contributed by atoms with Crippen LogP contribution in [0.1, 0.15) is 39.6 Å². The lowest BCUT2D eigenvalue weighted by molar-refractivity contribution is 0.0950. The van der Waals surface area contributed by atoms with Gasteiger partial charge in [0.2, 0.25) is 0 Å². The number of carbonyl (C=O) groups is 2. The van der Waals surface area contributed by atoms with Gasteiger partial charge in [-0.25, -0.2) is 0 Å². The lowest BCUT2D eigenvalue weighted by Gasteiger charge is -2.07. The van der Waals surface area contributed by atoms with Gasteiger partial charge < -0.3 is 10.6 Å². The summed E-state index contributed by atoms with van der Waals surface area (Å²) in [6.07, 6.45) is 4.23. The summed E-state index contributed by atoms with van der Waals surface area (Å²) >= 11 is 0. The molecule has 1 aromatic heterocycles. The Morgan fingerprint density at radius 2 is 1.64 bits per heavy atom. The van der Waals surface area contributed by atoms with Crippen molar-refractivity contribution in [2.24, 2.45) is 0 Å². The van der Waals surface area contributed by atoms with Gasteiger partial charge in [-0.15, -0.1) is 0 Å². The van der Waals surface area contributed by atoms with Gasteiger partial charge in [0, 0.05) is 36.6 Å². The molecule has 0 saturated heterocycles. The van der Waals surface area contributed by atoms with Gasteiger partial charge in [0.25, 0.3) is 11.8 Å². The van der Waals surface area contributed by atoms with Gasteiger partial charge in [-0.1, -0.05) is 13.0 Å². The van der Waals surface area contributed by atoms with Crippen molar-refractivity contribution in [3.05, 3.63) is 65.5 Å². The molecule has 5 nitrogen and oxygen atoms in total. The van der Waals surface area contributed by atoms with E-state index in [1.165, 1.54) is 0 Å². The van der Waals surface area contributed by atoms with E-state index in [0.717, 1.165) is 12.0 Å². The Labute approximate surface area is 129 Å². The van der Waals surface area contributed by atoms with Gasteiger partial charge in [0.05, 0.1) is 0 Å².